The molecule has 0 N–H and O–H groups in total. The highest BCUT2D eigenvalue weighted by atomic mass is 15.4. The number of fused-ring (bicyclic) bond motifs is 5. The van der Waals surface area contributed by atoms with Crippen molar-refractivity contribution >= 4 is 22.7 Å². The summed E-state index contributed by atoms with van der Waals surface area (Å²) in [5.74, 6) is 0. The van der Waals surface area contributed by atoms with Gasteiger partial charge < -0.3 is 9.80 Å². The fourth-order valence-electron chi connectivity index (χ4n) is 5.26. The summed E-state index contributed by atoms with van der Waals surface area (Å²) in [6, 6.07) is 28.4. The Bertz CT molecular complexity index is 1310. The fraction of sp³-hybridized carbons (Fsp3) is 0.207. The maximum Gasteiger partial charge on any atom is 0.108 e. The van der Waals surface area contributed by atoms with Gasteiger partial charge in [-0.15, -0.1) is 0 Å². The lowest BCUT2D eigenvalue weighted by molar-refractivity contribution is 0.760. The molecule has 1 aliphatic heterocycles. The number of pyridine rings is 1. The summed E-state index contributed by atoms with van der Waals surface area (Å²) in [5.41, 5.74) is 12.6. The number of anilines is 4. The van der Waals surface area contributed by atoms with Crippen LogP contribution in [0, 0.1) is 13.8 Å². The van der Waals surface area contributed by atoms with Crippen LogP contribution >= 0.6 is 0 Å². The molecule has 0 saturated carbocycles. The first-order valence-corrected chi connectivity index (χ1v) is 11.0. The Labute approximate surface area is 191 Å². The number of aryl methyl sites for hydroxylation is 2. The lowest BCUT2D eigenvalue weighted by atomic mass is 10.0. The normalized spacial score (nSPS) is 15.8. The van der Waals surface area contributed by atoms with Crippen LogP contribution in [0.2, 0.25) is 0 Å². The average molecular weight is 420 g/mol. The van der Waals surface area contributed by atoms with E-state index in [1.54, 1.807) is 0 Å². The molecule has 2 aliphatic rings. The lowest BCUT2D eigenvalue weighted by Crippen LogP contribution is -2.35. The summed E-state index contributed by atoms with van der Waals surface area (Å²) in [7, 11) is 0. The van der Waals surface area contributed by atoms with E-state index in [9.17, 15) is 0 Å². The molecule has 1 aliphatic carbocycles. The molecular formula is C29H29N3. The van der Waals surface area contributed by atoms with Gasteiger partial charge in [0.15, 0.2) is 0 Å². The van der Waals surface area contributed by atoms with Crippen molar-refractivity contribution in [2.45, 2.75) is 40.8 Å². The van der Waals surface area contributed by atoms with Crippen molar-refractivity contribution in [3.05, 3.63) is 101 Å². The third-order valence-electron chi connectivity index (χ3n) is 6.64. The topological polar surface area (TPSA) is 19.4 Å². The highest BCUT2D eigenvalue weighted by Crippen LogP contribution is 2.55. The molecule has 160 valence electrons. The molecule has 6 rings (SSSR count). The summed E-state index contributed by atoms with van der Waals surface area (Å²) in [6.45, 7) is 6.57. The molecule has 0 unspecified atom stereocenters. The van der Waals surface area contributed by atoms with Crippen molar-refractivity contribution < 1.29 is 0 Å². The Morgan fingerprint density at radius 2 is 1.53 bits per heavy atom. The molecule has 0 amide bonds. The minimum absolute atomic E-state index is 0. The summed E-state index contributed by atoms with van der Waals surface area (Å²) in [4.78, 5) is 9.85. The van der Waals surface area contributed by atoms with E-state index in [-0.39, 0.29) is 13.6 Å². The van der Waals surface area contributed by atoms with Crippen molar-refractivity contribution in [2.24, 2.45) is 0 Å². The van der Waals surface area contributed by atoms with Gasteiger partial charge in [0.2, 0.25) is 0 Å². The largest absolute Gasteiger partial charge is 0.318 e. The van der Waals surface area contributed by atoms with Gasteiger partial charge >= 0.3 is 0 Å². The molecule has 3 nitrogen and oxygen atoms in total. The van der Waals surface area contributed by atoms with Gasteiger partial charge in [-0.25, -0.2) is 0 Å². The van der Waals surface area contributed by atoms with E-state index in [1.165, 1.54) is 50.7 Å². The number of hydrogen-bond acceptors (Lipinski definition) is 3. The number of hydrogen-bond donors (Lipinski definition) is 0. The third kappa shape index (κ3) is 2.85. The van der Waals surface area contributed by atoms with Crippen molar-refractivity contribution in [3.8, 4) is 11.1 Å². The van der Waals surface area contributed by atoms with Gasteiger partial charge in [0.1, 0.15) is 6.17 Å². The summed E-state index contributed by atoms with van der Waals surface area (Å²) in [6.07, 6.45) is 1.06. The van der Waals surface area contributed by atoms with Crippen molar-refractivity contribution in [2.75, 3.05) is 9.80 Å². The minimum Gasteiger partial charge on any atom is -0.318 e. The average Bonchev–Trinajstić information content (AvgIpc) is 3.28. The Hall–Kier alpha value is -3.59. The third-order valence-corrected chi connectivity index (χ3v) is 6.64. The van der Waals surface area contributed by atoms with Gasteiger partial charge in [-0.3, -0.25) is 4.98 Å². The second-order valence-corrected chi connectivity index (χ2v) is 8.58. The fourth-order valence-corrected chi connectivity index (χ4v) is 5.26. The van der Waals surface area contributed by atoms with E-state index in [0.717, 1.165) is 12.1 Å². The molecule has 32 heavy (non-hydrogen) atoms. The Balaban J connectivity index is 0.00000216. The Morgan fingerprint density at radius 1 is 0.781 bits per heavy atom. The van der Waals surface area contributed by atoms with Crippen molar-refractivity contribution in [1.29, 1.82) is 0 Å². The van der Waals surface area contributed by atoms with Gasteiger partial charge in [0, 0.05) is 34.6 Å². The second kappa shape index (κ2) is 7.52. The quantitative estimate of drug-likeness (QED) is 0.295. The molecule has 3 aromatic carbocycles. The first-order valence-electron chi connectivity index (χ1n) is 11.0. The molecule has 1 aromatic heterocycles. The Morgan fingerprint density at radius 3 is 2.31 bits per heavy atom. The maximum atomic E-state index is 4.87. The molecule has 0 saturated heterocycles. The predicted molar refractivity (Wildman–Crippen MR) is 135 cm³/mol. The smallest absolute Gasteiger partial charge is 0.108 e. The van der Waals surface area contributed by atoms with Crippen LogP contribution in [0.25, 0.3) is 11.1 Å². The van der Waals surface area contributed by atoms with Crippen LogP contribution in [-0.4, -0.2) is 11.1 Å². The zero-order valence-corrected chi connectivity index (χ0v) is 18.1. The minimum atomic E-state index is 0. The number of aromatic nitrogens is 1. The van der Waals surface area contributed by atoms with Gasteiger partial charge in [-0.1, -0.05) is 56.0 Å². The predicted octanol–water partition coefficient (Wildman–Crippen LogP) is 7.54. The van der Waals surface area contributed by atoms with E-state index in [0.29, 0.717) is 0 Å². The lowest BCUT2D eigenvalue weighted by Gasteiger charge is -2.31. The molecule has 3 heteroatoms. The van der Waals surface area contributed by atoms with Crippen LogP contribution < -0.4 is 9.80 Å². The molecule has 0 fully saturated rings. The zero-order valence-electron chi connectivity index (χ0n) is 18.1. The zero-order chi connectivity index (χ0) is 21.1. The van der Waals surface area contributed by atoms with Crippen molar-refractivity contribution in [3.63, 3.8) is 0 Å². The van der Waals surface area contributed by atoms with E-state index in [4.69, 9.17) is 4.98 Å². The molecule has 0 spiro atoms. The van der Waals surface area contributed by atoms with Crippen LogP contribution in [0.3, 0.4) is 0 Å². The van der Waals surface area contributed by atoms with Crippen molar-refractivity contribution in [1.82, 2.24) is 4.98 Å². The van der Waals surface area contributed by atoms with E-state index >= 15 is 0 Å². The first-order chi connectivity index (χ1) is 15.1. The number of benzene rings is 3. The van der Waals surface area contributed by atoms with Gasteiger partial charge in [-0.2, -0.15) is 0 Å². The molecular weight excluding hydrogens is 390 g/mol. The van der Waals surface area contributed by atoms with Gasteiger partial charge in [-0.05, 0) is 62.2 Å². The van der Waals surface area contributed by atoms with Crippen LogP contribution in [0.5, 0.6) is 0 Å². The molecule has 2 heterocycles. The molecule has 4 aromatic rings. The van der Waals surface area contributed by atoms with Crippen LogP contribution in [-0.2, 0) is 6.42 Å². The molecule has 0 radical (unpaired) electrons. The monoisotopic (exact) mass is 419 g/mol. The van der Waals surface area contributed by atoms with Crippen LogP contribution in [0.1, 0.15) is 36.9 Å². The highest BCUT2D eigenvalue weighted by Gasteiger charge is 2.39. The van der Waals surface area contributed by atoms with Crippen LogP contribution in [0.4, 0.5) is 22.7 Å². The van der Waals surface area contributed by atoms with E-state index < -0.39 is 0 Å². The standard InChI is InChI=1S/C28H25N3.CH4/c1-18-9-7-8-12-25(18)31-20(3)30(22-10-5-4-6-11-22)28-26(31)16-14-21-17-24-23(27(21)28)15-13-19(2)29-24;/h4-16,20H,17H2,1-3H3;1H4/t20-;/m0./s1. The number of nitrogens with zero attached hydrogens (tertiary/aromatic N) is 3. The maximum absolute atomic E-state index is 4.87. The Kier molecular flexibility index (Phi) is 4.78. The molecule has 0 bridgehead atoms. The van der Waals surface area contributed by atoms with Gasteiger partial charge in [0.25, 0.3) is 0 Å². The first kappa shape index (κ1) is 20.3. The highest BCUT2D eigenvalue weighted by molar-refractivity contribution is 6.01. The van der Waals surface area contributed by atoms with Crippen LogP contribution in [0.15, 0.2) is 78.9 Å². The molecule has 1 atom stereocenters. The second-order valence-electron chi connectivity index (χ2n) is 8.58. The number of para-hydroxylation sites is 2. The van der Waals surface area contributed by atoms with E-state index in [1.807, 2.05) is 0 Å². The number of rotatable bonds is 2. The van der Waals surface area contributed by atoms with E-state index in [2.05, 4.69) is 109 Å². The SMILES string of the molecule is C.Cc1ccc2c(n1)Cc1ccc3c(c1-2)N(c1ccccc1)[C@H](C)N3c1ccccc1C. The van der Waals surface area contributed by atoms with Gasteiger partial charge in [0.05, 0.1) is 17.1 Å². The summed E-state index contributed by atoms with van der Waals surface area (Å²) < 4.78 is 0. The summed E-state index contributed by atoms with van der Waals surface area (Å²) >= 11 is 0. The summed E-state index contributed by atoms with van der Waals surface area (Å²) in [5, 5.41) is 0.